The highest BCUT2D eigenvalue weighted by molar-refractivity contribution is 5.75. The fourth-order valence-corrected chi connectivity index (χ4v) is 2.98. The molecule has 2 bridgehead atoms. The average Bonchev–Trinajstić information content (AvgIpc) is 2.71. The standard InChI is InChI=1S/C11H18N2O/c14-11(12-9-2-1-3-9)13-7-8-4-5-10(13)6-8/h8-10H,1-7H2,(H,12,14). The van der Waals surface area contributed by atoms with Crippen molar-refractivity contribution in [2.45, 2.75) is 50.6 Å². The highest BCUT2D eigenvalue weighted by Gasteiger charge is 2.40. The Morgan fingerprint density at radius 3 is 2.57 bits per heavy atom. The summed E-state index contributed by atoms with van der Waals surface area (Å²) in [5, 5.41) is 3.13. The molecule has 3 fully saturated rings. The number of carbonyl (C=O) groups is 1. The maximum atomic E-state index is 11.9. The zero-order chi connectivity index (χ0) is 9.54. The Morgan fingerprint density at radius 2 is 2.07 bits per heavy atom. The molecular formula is C11H18N2O. The molecule has 14 heavy (non-hydrogen) atoms. The van der Waals surface area contributed by atoms with Gasteiger partial charge in [0.15, 0.2) is 0 Å². The first-order chi connectivity index (χ1) is 6.83. The van der Waals surface area contributed by atoms with Crippen LogP contribution in [0.3, 0.4) is 0 Å². The van der Waals surface area contributed by atoms with Crippen LogP contribution < -0.4 is 5.32 Å². The first-order valence-electron chi connectivity index (χ1n) is 5.90. The molecule has 3 rings (SSSR count). The number of urea groups is 1. The van der Waals surface area contributed by atoms with E-state index in [0.717, 1.165) is 12.5 Å². The summed E-state index contributed by atoms with van der Waals surface area (Å²) in [5.74, 6) is 0.812. The summed E-state index contributed by atoms with van der Waals surface area (Å²) >= 11 is 0. The Kier molecular flexibility index (Phi) is 1.92. The summed E-state index contributed by atoms with van der Waals surface area (Å²) in [5.41, 5.74) is 0. The summed E-state index contributed by atoms with van der Waals surface area (Å²) in [6.07, 6.45) is 7.51. The molecule has 1 heterocycles. The number of fused-ring (bicyclic) bond motifs is 2. The molecule has 2 unspecified atom stereocenters. The lowest BCUT2D eigenvalue weighted by Gasteiger charge is -2.32. The van der Waals surface area contributed by atoms with Crippen LogP contribution in [0.1, 0.15) is 38.5 Å². The number of nitrogens with zero attached hydrogens (tertiary/aromatic N) is 1. The molecule has 1 saturated heterocycles. The third-order valence-corrected chi connectivity index (χ3v) is 4.10. The molecule has 1 aliphatic heterocycles. The maximum absolute atomic E-state index is 11.9. The van der Waals surface area contributed by atoms with E-state index in [0.29, 0.717) is 12.1 Å². The molecule has 2 aliphatic carbocycles. The molecule has 2 atom stereocenters. The van der Waals surface area contributed by atoms with E-state index in [9.17, 15) is 4.79 Å². The van der Waals surface area contributed by atoms with Crippen molar-refractivity contribution in [3.8, 4) is 0 Å². The van der Waals surface area contributed by atoms with Gasteiger partial charge in [-0.2, -0.15) is 0 Å². The van der Waals surface area contributed by atoms with Gasteiger partial charge in [-0.15, -0.1) is 0 Å². The summed E-state index contributed by atoms with van der Waals surface area (Å²) < 4.78 is 0. The second-order valence-corrected chi connectivity index (χ2v) is 5.06. The second kappa shape index (κ2) is 3.14. The molecule has 2 saturated carbocycles. The minimum atomic E-state index is 0.210. The van der Waals surface area contributed by atoms with Crippen LogP contribution in [0.15, 0.2) is 0 Å². The van der Waals surface area contributed by atoms with Crippen LogP contribution in [0.25, 0.3) is 0 Å². The normalized spacial score (nSPS) is 35.9. The zero-order valence-electron chi connectivity index (χ0n) is 8.54. The molecule has 1 N–H and O–H groups in total. The number of hydrogen-bond donors (Lipinski definition) is 1. The molecule has 0 radical (unpaired) electrons. The smallest absolute Gasteiger partial charge is 0.317 e. The first-order valence-corrected chi connectivity index (χ1v) is 5.90. The third kappa shape index (κ3) is 1.30. The van der Waals surface area contributed by atoms with Gasteiger partial charge in [0.1, 0.15) is 0 Å². The topological polar surface area (TPSA) is 32.3 Å². The molecule has 3 nitrogen and oxygen atoms in total. The lowest BCUT2D eigenvalue weighted by molar-refractivity contribution is 0.170. The highest BCUT2D eigenvalue weighted by atomic mass is 16.2. The van der Waals surface area contributed by atoms with E-state index in [1.165, 1.54) is 38.5 Å². The number of hydrogen-bond acceptors (Lipinski definition) is 1. The van der Waals surface area contributed by atoms with Crippen LogP contribution >= 0.6 is 0 Å². The van der Waals surface area contributed by atoms with Gasteiger partial charge in [-0.1, -0.05) is 0 Å². The number of nitrogens with one attached hydrogen (secondary N) is 1. The van der Waals surface area contributed by atoms with Crippen molar-refractivity contribution in [1.82, 2.24) is 10.2 Å². The molecule has 78 valence electrons. The van der Waals surface area contributed by atoms with Gasteiger partial charge in [0.05, 0.1) is 0 Å². The fraction of sp³-hybridized carbons (Fsp3) is 0.909. The molecule has 2 amide bonds. The quantitative estimate of drug-likeness (QED) is 0.677. The maximum Gasteiger partial charge on any atom is 0.317 e. The van der Waals surface area contributed by atoms with Gasteiger partial charge in [0.25, 0.3) is 0 Å². The number of likely N-dealkylation sites (tertiary alicyclic amines) is 1. The van der Waals surface area contributed by atoms with Crippen LogP contribution in [0.4, 0.5) is 4.79 Å². The number of piperidine rings is 1. The second-order valence-electron chi connectivity index (χ2n) is 5.06. The highest BCUT2D eigenvalue weighted by Crippen LogP contribution is 2.37. The lowest BCUT2D eigenvalue weighted by Crippen LogP contribution is -2.49. The fourth-order valence-electron chi connectivity index (χ4n) is 2.98. The molecule has 3 aliphatic rings. The predicted octanol–water partition coefficient (Wildman–Crippen LogP) is 1.73. The van der Waals surface area contributed by atoms with Crippen molar-refractivity contribution in [1.29, 1.82) is 0 Å². The van der Waals surface area contributed by atoms with Crippen molar-refractivity contribution >= 4 is 6.03 Å². The van der Waals surface area contributed by atoms with Gasteiger partial charge < -0.3 is 10.2 Å². The molecule has 0 spiro atoms. The van der Waals surface area contributed by atoms with Gasteiger partial charge in [0, 0.05) is 18.6 Å². The van der Waals surface area contributed by atoms with Gasteiger partial charge in [-0.3, -0.25) is 0 Å². The van der Waals surface area contributed by atoms with Crippen LogP contribution in [0.2, 0.25) is 0 Å². The Morgan fingerprint density at radius 1 is 1.21 bits per heavy atom. The Balaban J connectivity index is 1.57. The Hall–Kier alpha value is -0.730. The Bertz CT molecular complexity index is 250. The first kappa shape index (κ1) is 8.57. The minimum absolute atomic E-state index is 0.210. The van der Waals surface area contributed by atoms with Crippen LogP contribution in [-0.2, 0) is 0 Å². The summed E-state index contributed by atoms with van der Waals surface area (Å²) in [4.78, 5) is 13.9. The van der Waals surface area contributed by atoms with E-state index in [-0.39, 0.29) is 6.03 Å². The number of rotatable bonds is 1. The van der Waals surface area contributed by atoms with E-state index in [4.69, 9.17) is 0 Å². The summed E-state index contributed by atoms with van der Waals surface area (Å²) in [7, 11) is 0. The van der Waals surface area contributed by atoms with E-state index in [1.807, 2.05) is 0 Å². The van der Waals surface area contributed by atoms with Crippen molar-refractivity contribution in [2.75, 3.05) is 6.54 Å². The zero-order valence-corrected chi connectivity index (χ0v) is 8.54. The lowest BCUT2D eigenvalue weighted by atomic mass is 9.93. The number of carbonyl (C=O) groups excluding carboxylic acids is 1. The van der Waals surface area contributed by atoms with E-state index < -0.39 is 0 Å². The third-order valence-electron chi connectivity index (χ3n) is 4.10. The van der Waals surface area contributed by atoms with Crippen LogP contribution in [-0.4, -0.2) is 29.6 Å². The van der Waals surface area contributed by atoms with Gasteiger partial charge >= 0.3 is 6.03 Å². The predicted molar refractivity (Wildman–Crippen MR) is 54.0 cm³/mol. The van der Waals surface area contributed by atoms with E-state index >= 15 is 0 Å². The van der Waals surface area contributed by atoms with Gasteiger partial charge in [0.2, 0.25) is 0 Å². The largest absolute Gasteiger partial charge is 0.335 e. The van der Waals surface area contributed by atoms with Crippen LogP contribution in [0, 0.1) is 5.92 Å². The van der Waals surface area contributed by atoms with Crippen molar-refractivity contribution in [3.63, 3.8) is 0 Å². The molecule has 0 aromatic heterocycles. The summed E-state index contributed by atoms with van der Waals surface area (Å²) in [6.45, 7) is 1.02. The molecule has 3 heteroatoms. The minimum Gasteiger partial charge on any atom is -0.335 e. The SMILES string of the molecule is O=C(NC1CCC1)N1CC2CCC1C2. The van der Waals surface area contributed by atoms with E-state index in [1.54, 1.807) is 0 Å². The molecule has 0 aromatic rings. The van der Waals surface area contributed by atoms with Crippen molar-refractivity contribution in [2.24, 2.45) is 5.92 Å². The molecule has 0 aromatic carbocycles. The van der Waals surface area contributed by atoms with Gasteiger partial charge in [-0.25, -0.2) is 4.79 Å². The monoisotopic (exact) mass is 194 g/mol. The van der Waals surface area contributed by atoms with Gasteiger partial charge in [-0.05, 0) is 44.4 Å². The Labute approximate surface area is 84.8 Å². The van der Waals surface area contributed by atoms with Crippen molar-refractivity contribution in [3.05, 3.63) is 0 Å². The summed E-state index contributed by atoms with van der Waals surface area (Å²) in [6, 6.07) is 1.27. The number of amides is 2. The average molecular weight is 194 g/mol. The van der Waals surface area contributed by atoms with Crippen molar-refractivity contribution < 1.29 is 4.79 Å². The van der Waals surface area contributed by atoms with Crippen LogP contribution in [0.5, 0.6) is 0 Å². The van der Waals surface area contributed by atoms with E-state index in [2.05, 4.69) is 10.2 Å². The molecular weight excluding hydrogens is 176 g/mol.